The minimum absolute atomic E-state index is 0.0857. The Morgan fingerprint density at radius 2 is 1.85 bits per heavy atom. The summed E-state index contributed by atoms with van der Waals surface area (Å²) >= 11 is 0. The van der Waals surface area contributed by atoms with Gasteiger partial charge in [0.05, 0.1) is 12.1 Å². The topological polar surface area (TPSA) is 52.3 Å². The first kappa shape index (κ1) is 12.9. The van der Waals surface area contributed by atoms with Crippen LogP contribution in [0.3, 0.4) is 0 Å². The number of hydrogen-bond acceptors (Lipinski definition) is 3. The molecule has 1 fully saturated rings. The summed E-state index contributed by atoms with van der Waals surface area (Å²) in [5.41, 5.74) is 7.47. The van der Waals surface area contributed by atoms with Gasteiger partial charge in [-0.05, 0) is 30.5 Å². The van der Waals surface area contributed by atoms with Gasteiger partial charge in [-0.15, -0.1) is 0 Å². The zero-order valence-electron chi connectivity index (χ0n) is 11.2. The summed E-state index contributed by atoms with van der Waals surface area (Å²) in [6.07, 6.45) is 2.52. The third-order valence-corrected chi connectivity index (χ3v) is 3.39. The number of carbonyl (C=O) groups is 1. The highest BCUT2D eigenvalue weighted by Gasteiger charge is 2.24. The van der Waals surface area contributed by atoms with Crippen LogP contribution in [-0.4, -0.2) is 11.9 Å². The second kappa shape index (κ2) is 5.47. The van der Waals surface area contributed by atoms with Gasteiger partial charge in [-0.2, -0.15) is 0 Å². The molecule has 3 nitrogen and oxygen atoms in total. The molecule has 1 aliphatic carbocycles. The lowest BCUT2D eigenvalue weighted by atomic mass is 9.98. The summed E-state index contributed by atoms with van der Waals surface area (Å²) < 4.78 is 5.71. The van der Waals surface area contributed by atoms with Gasteiger partial charge in [0.25, 0.3) is 0 Å². The number of carbonyl (C=O) groups excluding carboxylic acids is 1. The second-order valence-electron chi connectivity index (χ2n) is 5.10. The van der Waals surface area contributed by atoms with E-state index in [1.165, 1.54) is 0 Å². The molecule has 2 aromatic rings. The summed E-state index contributed by atoms with van der Waals surface area (Å²) in [4.78, 5) is 12.4. The molecule has 0 bridgehead atoms. The molecule has 0 aliphatic heterocycles. The monoisotopic (exact) mass is 267 g/mol. The molecule has 3 rings (SSSR count). The third kappa shape index (κ3) is 2.89. The SMILES string of the molecule is N[C@@H](C(=O)c1cccc(OC2CC2)c1)c1ccccc1. The van der Waals surface area contributed by atoms with Gasteiger partial charge in [0.2, 0.25) is 0 Å². The summed E-state index contributed by atoms with van der Waals surface area (Å²) in [5.74, 6) is 0.663. The highest BCUT2D eigenvalue weighted by Crippen LogP contribution is 2.27. The van der Waals surface area contributed by atoms with Crippen LogP contribution >= 0.6 is 0 Å². The van der Waals surface area contributed by atoms with Gasteiger partial charge in [0.15, 0.2) is 5.78 Å². The number of hydrogen-bond donors (Lipinski definition) is 1. The van der Waals surface area contributed by atoms with Gasteiger partial charge < -0.3 is 10.5 Å². The molecule has 2 aromatic carbocycles. The van der Waals surface area contributed by atoms with Gasteiger partial charge in [-0.25, -0.2) is 0 Å². The minimum atomic E-state index is -0.632. The third-order valence-electron chi connectivity index (χ3n) is 3.39. The molecule has 102 valence electrons. The standard InChI is InChI=1S/C17H17NO2/c18-16(12-5-2-1-3-6-12)17(19)13-7-4-8-15(11-13)20-14-9-10-14/h1-8,11,14,16H,9-10,18H2/t16-/m1/s1. The fourth-order valence-electron chi connectivity index (χ4n) is 2.09. The van der Waals surface area contributed by atoms with Crippen molar-refractivity contribution in [3.63, 3.8) is 0 Å². The Morgan fingerprint density at radius 1 is 1.10 bits per heavy atom. The average molecular weight is 267 g/mol. The zero-order valence-corrected chi connectivity index (χ0v) is 11.2. The Kier molecular flexibility index (Phi) is 3.52. The van der Waals surface area contributed by atoms with Crippen LogP contribution in [0.2, 0.25) is 0 Å². The number of nitrogens with two attached hydrogens (primary N) is 1. The van der Waals surface area contributed by atoms with Gasteiger partial charge in [-0.1, -0.05) is 42.5 Å². The zero-order chi connectivity index (χ0) is 13.9. The first-order valence-electron chi connectivity index (χ1n) is 6.85. The van der Waals surface area contributed by atoms with Crippen molar-refractivity contribution in [2.45, 2.75) is 25.0 Å². The number of ether oxygens (including phenoxy) is 1. The lowest BCUT2D eigenvalue weighted by Gasteiger charge is -2.12. The van der Waals surface area contributed by atoms with E-state index in [9.17, 15) is 4.79 Å². The second-order valence-corrected chi connectivity index (χ2v) is 5.10. The molecular formula is C17H17NO2. The summed E-state index contributed by atoms with van der Waals surface area (Å²) in [6, 6.07) is 16.1. The molecule has 1 aliphatic rings. The van der Waals surface area contributed by atoms with E-state index >= 15 is 0 Å². The smallest absolute Gasteiger partial charge is 0.184 e. The van der Waals surface area contributed by atoms with Crippen LogP contribution < -0.4 is 10.5 Å². The van der Waals surface area contributed by atoms with Crippen molar-refractivity contribution in [1.29, 1.82) is 0 Å². The number of Topliss-reactive ketones (excluding diaryl/α,β-unsaturated/α-hetero) is 1. The summed E-state index contributed by atoms with van der Waals surface area (Å²) in [7, 11) is 0. The minimum Gasteiger partial charge on any atom is -0.490 e. The fraction of sp³-hybridized carbons (Fsp3) is 0.235. The van der Waals surface area contributed by atoms with Crippen molar-refractivity contribution < 1.29 is 9.53 Å². The number of ketones is 1. The number of rotatable bonds is 5. The van der Waals surface area contributed by atoms with Crippen LogP contribution in [0.5, 0.6) is 5.75 Å². The van der Waals surface area contributed by atoms with E-state index in [0.717, 1.165) is 24.2 Å². The average Bonchev–Trinajstić information content (AvgIpc) is 3.31. The Labute approximate surface area is 118 Å². The fourth-order valence-corrected chi connectivity index (χ4v) is 2.09. The molecule has 0 amide bonds. The predicted molar refractivity (Wildman–Crippen MR) is 77.8 cm³/mol. The Balaban J connectivity index is 1.79. The Morgan fingerprint density at radius 3 is 2.55 bits per heavy atom. The highest BCUT2D eigenvalue weighted by atomic mass is 16.5. The Bertz CT molecular complexity index is 605. The molecule has 0 radical (unpaired) electrons. The van der Waals surface area contributed by atoms with E-state index in [0.29, 0.717) is 11.7 Å². The lowest BCUT2D eigenvalue weighted by molar-refractivity contribution is 0.0961. The molecule has 0 spiro atoms. The summed E-state index contributed by atoms with van der Waals surface area (Å²) in [5, 5.41) is 0. The molecule has 2 N–H and O–H groups in total. The Hall–Kier alpha value is -2.13. The van der Waals surface area contributed by atoms with E-state index in [1.54, 1.807) is 12.1 Å². The van der Waals surface area contributed by atoms with Crippen molar-refractivity contribution in [3.8, 4) is 5.75 Å². The maximum atomic E-state index is 12.4. The largest absolute Gasteiger partial charge is 0.490 e. The van der Waals surface area contributed by atoms with Gasteiger partial charge in [-0.3, -0.25) is 4.79 Å². The predicted octanol–water partition coefficient (Wildman–Crippen LogP) is 3.11. The molecule has 0 aromatic heterocycles. The number of benzene rings is 2. The normalized spacial score (nSPS) is 15.7. The van der Waals surface area contributed by atoms with Crippen LogP contribution in [0.1, 0.15) is 34.8 Å². The molecule has 20 heavy (non-hydrogen) atoms. The van der Waals surface area contributed by atoms with E-state index < -0.39 is 6.04 Å². The van der Waals surface area contributed by atoms with Gasteiger partial charge >= 0.3 is 0 Å². The molecule has 0 heterocycles. The van der Waals surface area contributed by atoms with E-state index in [2.05, 4.69) is 0 Å². The molecule has 3 heteroatoms. The van der Waals surface area contributed by atoms with Crippen LogP contribution in [-0.2, 0) is 0 Å². The van der Waals surface area contributed by atoms with E-state index in [-0.39, 0.29) is 5.78 Å². The lowest BCUT2D eigenvalue weighted by Crippen LogP contribution is -2.21. The highest BCUT2D eigenvalue weighted by molar-refractivity contribution is 6.00. The van der Waals surface area contributed by atoms with E-state index in [4.69, 9.17) is 10.5 Å². The van der Waals surface area contributed by atoms with Crippen LogP contribution in [0.4, 0.5) is 0 Å². The summed E-state index contributed by atoms with van der Waals surface area (Å²) in [6.45, 7) is 0. The van der Waals surface area contributed by atoms with Crippen molar-refractivity contribution in [2.24, 2.45) is 5.73 Å². The van der Waals surface area contributed by atoms with Crippen molar-refractivity contribution in [2.75, 3.05) is 0 Å². The first-order valence-corrected chi connectivity index (χ1v) is 6.85. The maximum Gasteiger partial charge on any atom is 0.184 e. The van der Waals surface area contributed by atoms with Crippen LogP contribution in [0.25, 0.3) is 0 Å². The van der Waals surface area contributed by atoms with Gasteiger partial charge in [0.1, 0.15) is 5.75 Å². The van der Waals surface area contributed by atoms with Crippen molar-refractivity contribution in [3.05, 3.63) is 65.7 Å². The van der Waals surface area contributed by atoms with E-state index in [1.807, 2.05) is 42.5 Å². The van der Waals surface area contributed by atoms with Gasteiger partial charge in [0, 0.05) is 5.56 Å². The molecule has 0 unspecified atom stereocenters. The maximum absolute atomic E-state index is 12.4. The van der Waals surface area contributed by atoms with Crippen molar-refractivity contribution >= 4 is 5.78 Å². The van der Waals surface area contributed by atoms with Crippen LogP contribution in [0.15, 0.2) is 54.6 Å². The molecular weight excluding hydrogens is 250 g/mol. The van der Waals surface area contributed by atoms with Crippen LogP contribution in [0, 0.1) is 0 Å². The first-order chi connectivity index (χ1) is 9.74. The molecule has 1 atom stereocenters. The quantitative estimate of drug-likeness (QED) is 0.847. The molecule has 0 saturated heterocycles. The van der Waals surface area contributed by atoms with Crippen molar-refractivity contribution in [1.82, 2.24) is 0 Å². The molecule has 1 saturated carbocycles.